The van der Waals surface area contributed by atoms with Crippen LogP contribution in [0.5, 0.6) is 5.75 Å². The number of amides is 1. The van der Waals surface area contributed by atoms with Gasteiger partial charge < -0.3 is 31.3 Å². The molecule has 0 radical (unpaired) electrons. The molecule has 5 atom stereocenters. The van der Waals surface area contributed by atoms with Crippen LogP contribution in [0.3, 0.4) is 0 Å². The van der Waals surface area contributed by atoms with E-state index in [0.29, 0.717) is 0 Å². The minimum atomic E-state index is -2.78. The molecule has 1 aromatic rings. The van der Waals surface area contributed by atoms with Gasteiger partial charge in [0, 0.05) is 28.0 Å². The number of hydrogen-bond acceptors (Lipinski definition) is 9. The van der Waals surface area contributed by atoms with E-state index in [4.69, 9.17) is 17.3 Å². The summed E-state index contributed by atoms with van der Waals surface area (Å²) in [5.41, 5.74) is -1.10. The number of fused-ring (bicyclic) bond motifs is 3. The second-order valence-electron chi connectivity index (χ2n) is 9.08. The Labute approximate surface area is 209 Å². The molecular formula is C22H24BrClN2O8. The average Bonchev–Trinajstić information content (AvgIpc) is 2.69. The number of rotatable bonds is 2. The molecule has 4 rings (SSSR count). The number of primary amides is 1. The van der Waals surface area contributed by atoms with Crippen LogP contribution < -0.4 is 5.73 Å². The number of benzene rings is 1. The standard InChI is InChI=1S/C22H23ClN2O8.BrH/c1-21(32)7-6-8-15(25(2)3)17(28)13(20(24)31)19(30)22(8,33)18(29)11(7)16(27)12-10(26)5-4-9(23)14(12)21;/h4-5,7-8,15,26-27,30,32-33H,6H2,1-3H3,(H2,24,31);1H/t7-,8-,15-,21-,22-;/m0./s1. The van der Waals surface area contributed by atoms with E-state index in [-0.39, 0.29) is 39.6 Å². The molecule has 1 saturated carbocycles. The second-order valence-corrected chi connectivity index (χ2v) is 9.48. The van der Waals surface area contributed by atoms with Gasteiger partial charge in [-0.15, -0.1) is 17.0 Å². The number of ketones is 2. The van der Waals surface area contributed by atoms with E-state index in [1.54, 1.807) is 0 Å². The van der Waals surface area contributed by atoms with E-state index in [0.717, 1.165) is 0 Å². The number of halogens is 2. The lowest BCUT2D eigenvalue weighted by atomic mass is 9.54. The smallest absolute Gasteiger partial charge is 0.255 e. The zero-order chi connectivity index (χ0) is 24.8. The zero-order valence-electron chi connectivity index (χ0n) is 18.4. The fraction of sp³-hybridized carbons (Fsp3) is 0.409. The number of carbonyl (C=O) groups is 3. The molecule has 0 aromatic heterocycles. The van der Waals surface area contributed by atoms with Crippen molar-refractivity contribution in [3.8, 4) is 5.75 Å². The van der Waals surface area contributed by atoms with Crippen LogP contribution in [0.4, 0.5) is 0 Å². The first-order valence-corrected chi connectivity index (χ1v) is 10.5. The van der Waals surface area contributed by atoms with Crippen LogP contribution in [-0.4, -0.2) is 73.6 Å². The lowest BCUT2D eigenvalue weighted by molar-refractivity contribution is -0.159. The summed E-state index contributed by atoms with van der Waals surface area (Å²) < 4.78 is 0. The number of nitrogens with two attached hydrogens (primary N) is 1. The van der Waals surface area contributed by atoms with Gasteiger partial charge in [0.25, 0.3) is 5.91 Å². The topological polar surface area (TPSA) is 182 Å². The number of hydrogen-bond donors (Lipinski definition) is 6. The predicted octanol–water partition coefficient (Wildman–Crippen LogP) is 0.860. The van der Waals surface area contributed by atoms with Crippen molar-refractivity contribution in [2.75, 3.05) is 14.1 Å². The third-order valence-electron chi connectivity index (χ3n) is 7.07. The van der Waals surface area contributed by atoms with Crippen LogP contribution in [0.2, 0.25) is 5.02 Å². The third-order valence-corrected chi connectivity index (χ3v) is 7.39. The predicted molar refractivity (Wildman–Crippen MR) is 125 cm³/mol. The molecule has 3 aliphatic carbocycles. The maximum absolute atomic E-state index is 13.7. The normalized spacial score (nSPS) is 32.7. The molecular weight excluding hydrogens is 536 g/mol. The molecule has 0 saturated heterocycles. The first-order valence-electron chi connectivity index (χ1n) is 10.1. The highest BCUT2D eigenvalue weighted by atomic mass is 79.9. The van der Waals surface area contributed by atoms with Crippen molar-refractivity contribution in [2.24, 2.45) is 17.6 Å². The van der Waals surface area contributed by atoms with E-state index >= 15 is 0 Å². The Morgan fingerprint density at radius 2 is 1.76 bits per heavy atom. The quantitative estimate of drug-likeness (QED) is 0.286. The van der Waals surface area contributed by atoms with Crippen molar-refractivity contribution in [1.82, 2.24) is 4.90 Å². The van der Waals surface area contributed by atoms with Crippen molar-refractivity contribution >= 4 is 51.8 Å². The Hall–Kier alpha value is -2.44. The second kappa shape index (κ2) is 8.06. The fourth-order valence-electron chi connectivity index (χ4n) is 5.58. The van der Waals surface area contributed by atoms with Gasteiger partial charge in [-0.05, 0) is 39.6 Å². The van der Waals surface area contributed by atoms with Crippen molar-refractivity contribution in [3.63, 3.8) is 0 Å². The molecule has 3 aliphatic rings. The first-order chi connectivity index (χ1) is 15.2. The van der Waals surface area contributed by atoms with Crippen molar-refractivity contribution < 1.29 is 39.9 Å². The van der Waals surface area contributed by atoms with Gasteiger partial charge in [-0.1, -0.05) is 11.6 Å². The molecule has 0 unspecified atom stereocenters. The number of carbonyl (C=O) groups excluding carboxylic acids is 3. The Kier molecular flexibility index (Phi) is 6.20. The van der Waals surface area contributed by atoms with Crippen molar-refractivity contribution in [2.45, 2.75) is 30.6 Å². The molecule has 0 aliphatic heterocycles. The van der Waals surface area contributed by atoms with Gasteiger partial charge in [0.15, 0.2) is 11.4 Å². The van der Waals surface area contributed by atoms with Crippen molar-refractivity contribution in [1.29, 1.82) is 0 Å². The van der Waals surface area contributed by atoms with Crippen molar-refractivity contribution in [3.05, 3.63) is 45.2 Å². The summed E-state index contributed by atoms with van der Waals surface area (Å²) in [6.45, 7) is 1.34. The molecule has 1 fully saturated rings. The number of nitrogens with zero attached hydrogens (tertiary/aromatic N) is 1. The van der Waals surface area contributed by atoms with E-state index in [1.807, 2.05) is 0 Å². The summed E-state index contributed by atoms with van der Waals surface area (Å²) in [6.07, 6.45) is -0.259. The minimum Gasteiger partial charge on any atom is -0.508 e. The number of aromatic hydroxyl groups is 1. The Balaban J connectivity index is 0.00000324. The molecule has 0 bridgehead atoms. The number of likely N-dealkylation sites (N-methyl/N-ethyl adjacent to an activating group) is 1. The summed E-state index contributed by atoms with van der Waals surface area (Å²) in [5.74, 6) is -8.30. The highest BCUT2D eigenvalue weighted by Crippen LogP contribution is 2.58. The van der Waals surface area contributed by atoms with Gasteiger partial charge in [-0.3, -0.25) is 19.3 Å². The summed E-state index contributed by atoms with van der Waals surface area (Å²) in [7, 11) is 2.97. The van der Waals surface area contributed by atoms with Gasteiger partial charge in [0.05, 0.1) is 17.2 Å². The highest BCUT2D eigenvalue weighted by molar-refractivity contribution is 8.93. The summed E-state index contributed by atoms with van der Waals surface area (Å²) in [5, 5.41) is 55.2. The number of aliphatic hydroxyl groups excluding tert-OH is 2. The molecule has 1 aromatic carbocycles. The Morgan fingerprint density at radius 3 is 2.29 bits per heavy atom. The largest absolute Gasteiger partial charge is 0.508 e. The zero-order valence-corrected chi connectivity index (χ0v) is 20.8. The molecule has 12 heteroatoms. The molecule has 10 nitrogen and oxygen atoms in total. The molecule has 184 valence electrons. The number of Topliss-reactive ketones (excluding diaryl/α,β-unsaturated/α-hetero) is 2. The van der Waals surface area contributed by atoms with E-state index < -0.39 is 75.0 Å². The van der Waals surface area contributed by atoms with Crippen LogP contribution in [0.1, 0.15) is 24.5 Å². The SMILES string of the molecule is Br.CN(C)[C@@H]1C(=O)C(C(N)=O)=C(O)[C@@]2(O)C(=O)C3=C(O)c4c(O)ccc(Cl)c4[C@@](C)(O)[C@H]3C[C@@H]12. The van der Waals surface area contributed by atoms with Crippen LogP contribution in [0.15, 0.2) is 29.0 Å². The third kappa shape index (κ3) is 3.07. The lowest BCUT2D eigenvalue weighted by Gasteiger charge is -2.53. The minimum absolute atomic E-state index is 0. The van der Waals surface area contributed by atoms with Crippen LogP contribution in [0, 0.1) is 11.8 Å². The van der Waals surface area contributed by atoms with E-state index in [2.05, 4.69) is 0 Å². The maximum atomic E-state index is 13.7. The molecule has 34 heavy (non-hydrogen) atoms. The van der Waals surface area contributed by atoms with E-state index in [1.165, 1.54) is 38.1 Å². The summed E-state index contributed by atoms with van der Waals surface area (Å²) >= 11 is 6.28. The monoisotopic (exact) mass is 558 g/mol. The highest BCUT2D eigenvalue weighted by Gasteiger charge is 2.66. The average molecular weight is 560 g/mol. The first kappa shape index (κ1) is 26.2. The van der Waals surface area contributed by atoms with Gasteiger partial charge in [-0.25, -0.2) is 0 Å². The Morgan fingerprint density at radius 1 is 1.18 bits per heavy atom. The summed E-state index contributed by atoms with van der Waals surface area (Å²) in [4.78, 5) is 40.1. The Bertz CT molecular complexity index is 1210. The van der Waals surface area contributed by atoms with Gasteiger partial charge in [-0.2, -0.15) is 0 Å². The molecule has 7 N–H and O–H groups in total. The van der Waals surface area contributed by atoms with Crippen LogP contribution in [-0.2, 0) is 20.0 Å². The number of aliphatic hydroxyl groups is 4. The van der Waals surface area contributed by atoms with Gasteiger partial charge in [0.1, 0.15) is 22.8 Å². The number of phenols is 1. The fourth-order valence-corrected chi connectivity index (χ4v) is 5.93. The molecule has 0 heterocycles. The molecule has 0 spiro atoms. The maximum Gasteiger partial charge on any atom is 0.255 e. The van der Waals surface area contributed by atoms with Gasteiger partial charge in [0.2, 0.25) is 5.78 Å². The molecule has 1 amide bonds. The van der Waals surface area contributed by atoms with Gasteiger partial charge >= 0.3 is 0 Å². The van der Waals surface area contributed by atoms with Crippen LogP contribution >= 0.6 is 28.6 Å². The van der Waals surface area contributed by atoms with E-state index in [9.17, 15) is 39.9 Å². The lowest BCUT2D eigenvalue weighted by Crippen LogP contribution is -2.67. The summed E-state index contributed by atoms with van der Waals surface area (Å²) in [6, 6.07) is 1.24. The number of phenolic OH excluding ortho intramolecular Hbond substituents is 1. The van der Waals surface area contributed by atoms with Crippen LogP contribution in [0.25, 0.3) is 5.76 Å².